The van der Waals surface area contributed by atoms with Gasteiger partial charge in [0.2, 0.25) is 0 Å². The molecule has 9 nitrogen and oxygen atoms in total. The number of nitrogens with zero attached hydrogens (tertiary/aromatic N) is 1. The smallest absolute Gasteiger partial charge is 0.407 e. The molecule has 1 fully saturated rings. The van der Waals surface area contributed by atoms with Crippen LogP contribution in [0.3, 0.4) is 0 Å². The normalized spacial score (nSPS) is 16.5. The van der Waals surface area contributed by atoms with Crippen LogP contribution in [0.1, 0.15) is 58.4 Å². The van der Waals surface area contributed by atoms with E-state index >= 15 is 0 Å². The maximum atomic E-state index is 13.7. The molecule has 0 heterocycles. The Hall–Kier alpha value is -2.66. The van der Waals surface area contributed by atoms with E-state index < -0.39 is 33.9 Å². The molecule has 216 valence electrons. The summed E-state index contributed by atoms with van der Waals surface area (Å²) in [4.78, 5) is 18.6. The van der Waals surface area contributed by atoms with E-state index in [0.717, 1.165) is 35.7 Å². The van der Waals surface area contributed by atoms with E-state index in [9.17, 15) is 18.3 Å². The number of ether oxygens (including phenoxy) is 2. The summed E-state index contributed by atoms with van der Waals surface area (Å²) in [5.41, 5.74) is 0.129. The summed E-state index contributed by atoms with van der Waals surface area (Å²) < 4.78 is 38.8. The fraction of sp³-hybridized carbons (Fsp3) is 0.552. The van der Waals surface area contributed by atoms with Crippen LogP contribution in [-0.2, 0) is 26.0 Å². The van der Waals surface area contributed by atoms with Crippen LogP contribution in [-0.4, -0.2) is 62.1 Å². The lowest BCUT2D eigenvalue weighted by Gasteiger charge is -2.31. The van der Waals surface area contributed by atoms with Gasteiger partial charge in [-0.05, 0) is 75.8 Å². The third kappa shape index (κ3) is 9.79. The van der Waals surface area contributed by atoms with E-state index in [0.29, 0.717) is 5.75 Å². The average molecular weight is 563 g/mol. The molecule has 0 bridgehead atoms. The van der Waals surface area contributed by atoms with Crippen LogP contribution in [0.25, 0.3) is 0 Å². The summed E-state index contributed by atoms with van der Waals surface area (Å²) in [6, 6.07) is 14.5. The third-order valence-corrected chi connectivity index (χ3v) is 8.26. The van der Waals surface area contributed by atoms with Gasteiger partial charge in [-0.1, -0.05) is 54.1 Å². The number of hydroxylamine groups is 1. The van der Waals surface area contributed by atoms with Crippen LogP contribution in [0, 0.1) is 5.92 Å². The number of benzene rings is 2. The minimum atomic E-state index is -4.13. The number of methoxy groups -OCH3 is 1. The minimum absolute atomic E-state index is 0.0128. The Labute approximate surface area is 232 Å². The standard InChI is InChI=1S/C29H42N2O7S/c1-29(2,3)38-28(33)30-26(19-22-11-7-5-8-12-22)27(32)20-31(37-21-23-13-9-6-10-14-23)39(34,35)25-17-15-24(36-4)16-18-25/h5,7-8,11-12,15-18,23,26-27,32H,6,9-10,13-14,19-21H2,1-4H3,(H,30,33)/t26-,27+/m0/s1. The zero-order chi connectivity index (χ0) is 28.5. The Balaban J connectivity index is 1.84. The molecule has 0 aromatic heterocycles. The number of aliphatic hydroxyl groups excluding tert-OH is 1. The Morgan fingerprint density at radius 1 is 1.05 bits per heavy atom. The first kappa shape index (κ1) is 30.9. The van der Waals surface area contributed by atoms with Gasteiger partial charge in [0.15, 0.2) is 0 Å². The number of carbonyl (C=O) groups excluding carboxylic acids is 1. The van der Waals surface area contributed by atoms with Crippen molar-refractivity contribution in [3.63, 3.8) is 0 Å². The van der Waals surface area contributed by atoms with Gasteiger partial charge in [-0.3, -0.25) is 4.84 Å². The largest absolute Gasteiger partial charge is 0.497 e. The van der Waals surface area contributed by atoms with Crippen molar-refractivity contribution >= 4 is 16.1 Å². The molecule has 0 saturated heterocycles. The minimum Gasteiger partial charge on any atom is -0.497 e. The quantitative estimate of drug-likeness (QED) is 0.361. The molecule has 3 rings (SSSR count). The lowest BCUT2D eigenvalue weighted by molar-refractivity contribution is -0.121. The average Bonchev–Trinajstić information content (AvgIpc) is 2.90. The molecule has 1 aliphatic carbocycles. The highest BCUT2D eigenvalue weighted by molar-refractivity contribution is 7.89. The Bertz CT molecular complexity index is 1130. The lowest BCUT2D eigenvalue weighted by atomic mass is 9.90. The van der Waals surface area contributed by atoms with Crippen molar-refractivity contribution < 1.29 is 32.6 Å². The molecule has 2 atom stereocenters. The lowest BCUT2D eigenvalue weighted by Crippen LogP contribution is -2.51. The van der Waals surface area contributed by atoms with E-state index in [2.05, 4.69) is 5.32 Å². The highest BCUT2D eigenvalue weighted by Crippen LogP contribution is 2.26. The number of aliphatic hydroxyl groups is 1. The fourth-order valence-corrected chi connectivity index (χ4v) is 5.78. The number of amides is 1. The monoisotopic (exact) mass is 562 g/mol. The third-order valence-electron chi connectivity index (χ3n) is 6.61. The van der Waals surface area contributed by atoms with Crippen LogP contribution < -0.4 is 10.1 Å². The van der Waals surface area contributed by atoms with Gasteiger partial charge in [0.25, 0.3) is 10.0 Å². The van der Waals surface area contributed by atoms with Gasteiger partial charge in [-0.2, -0.15) is 0 Å². The van der Waals surface area contributed by atoms with Gasteiger partial charge in [-0.25, -0.2) is 13.2 Å². The summed E-state index contributed by atoms with van der Waals surface area (Å²) in [5.74, 6) is 0.762. The maximum absolute atomic E-state index is 13.7. The van der Waals surface area contributed by atoms with Crippen molar-refractivity contribution in [2.24, 2.45) is 5.92 Å². The summed E-state index contributed by atoms with van der Waals surface area (Å²) in [7, 11) is -2.63. The number of rotatable bonds is 12. The van der Waals surface area contributed by atoms with Crippen molar-refractivity contribution in [3.8, 4) is 5.75 Å². The predicted octanol–water partition coefficient (Wildman–Crippen LogP) is 4.69. The van der Waals surface area contributed by atoms with Gasteiger partial charge in [0.05, 0.1) is 37.3 Å². The molecular weight excluding hydrogens is 520 g/mol. The van der Waals surface area contributed by atoms with Gasteiger partial charge in [-0.15, -0.1) is 0 Å². The molecule has 10 heteroatoms. The zero-order valence-corrected chi connectivity index (χ0v) is 24.2. The maximum Gasteiger partial charge on any atom is 0.407 e. The van der Waals surface area contributed by atoms with E-state index in [4.69, 9.17) is 14.3 Å². The van der Waals surface area contributed by atoms with Crippen molar-refractivity contribution in [1.82, 2.24) is 9.79 Å². The molecule has 0 spiro atoms. The first-order chi connectivity index (χ1) is 18.5. The van der Waals surface area contributed by atoms with Crippen molar-refractivity contribution in [3.05, 3.63) is 60.2 Å². The summed E-state index contributed by atoms with van der Waals surface area (Å²) in [5, 5.41) is 14.1. The van der Waals surface area contributed by atoms with Crippen LogP contribution in [0.2, 0.25) is 0 Å². The molecule has 1 amide bonds. The number of carbonyl (C=O) groups is 1. The number of hydrogen-bond acceptors (Lipinski definition) is 7. The summed E-state index contributed by atoms with van der Waals surface area (Å²) in [6.45, 7) is 5.09. The predicted molar refractivity (Wildman–Crippen MR) is 149 cm³/mol. The van der Waals surface area contributed by atoms with Crippen LogP contribution in [0.4, 0.5) is 4.79 Å². The molecular formula is C29H42N2O7S. The molecule has 0 aliphatic heterocycles. The van der Waals surface area contributed by atoms with Crippen molar-refractivity contribution in [1.29, 1.82) is 0 Å². The van der Waals surface area contributed by atoms with Crippen LogP contribution in [0.15, 0.2) is 59.5 Å². The second-order valence-corrected chi connectivity index (χ2v) is 12.8. The fourth-order valence-electron chi connectivity index (χ4n) is 4.52. The van der Waals surface area contributed by atoms with Gasteiger partial charge in [0, 0.05) is 0 Å². The molecule has 1 aliphatic rings. The number of nitrogens with one attached hydrogen (secondary N) is 1. The molecule has 1 saturated carbocycles. The summed E-state index contributed by atoms with van der Waals surface area (Å²) >= 11 is 0. The number of hydrogen-bond donors (Lipinski definition) is 2. The number of sulfonamides is 1. The van der Waals surface area contributed by atoms with E-state index in [-0.39, 0.29) is 30.4 Å². The molecule has 0 unspecified atom stereocenters. The van der Waals surface area contributed by atoms with Crippen molar-refractivity contribution in [2.75, 3.05) is 20.3 Å². The SMILES string of the molecule is COc1ccc(S(=O)(=O)N(C[C@@H](O)[C@H](Cc2ccccc2)NC(=O)OC(C)(C)C)OCC2CCCCC2)cc1. The Morgan fingerprint density at radius 3 is 2.28 bits per heavy atom. The molecule has 0 radical (unpaired) electrons. The topological polar surface area (TPSA) is 114 Å². The highest BCUT2D eigenvalue weighted by Gasteiger charge is 2.33. The molecule has 2 aromatic carbocycles. The van der Waals surface area contributed by atoms with E-state index in [1.54, 1.807) is 32.9 Å². The van der Waals surface area contributed by atoms with Gasteiger partial charge < -0.3 is 19.9 Å². The van der Waals surface area contributed by atoms with Gasteiger partial charge >= 0.3 is 6.09 Å². The highest BCUT2D eigenvalue weighted by atomic mass is 32.2. The first-order valence-corrected chi connectivity index (χ1v) is 14.9. The number of alkyl carbamates (subject to hydrolysis) is 1. The van der Waals surface area contributed by atoms with E-state index in [1.165, 1.54) is 25.7 Å². The Kier molecular flexibility index (Phi) is 11.2. The molecule has 2 aromatic rings. The first-order valence-electron chi connectivity index (χ1n) is 13.5. The van der Waals surface area contributed by atoms with Gasteiger partial charge in [0.1, 0.15) is 11.4 Å². The van der Waals surface area contributed by atoms with Crippen LogP contribution in [0.5, 0.6) is 5.75 Å². The molecule has 2 N–H and O–H groups in total. The summed E-state index contributed by atoms with van der Waals surface area (Å²) in [6.07, 6.45) is 3.54. The second-order valence-electron chi connectivity index (χ2n) is 11.0. The second kappa shape index (κ2) is 14.1. The van der Waals surface area contributed by atoms with E-state index in [1.807, 2.05) is 30.3 Å². The van der Waals surface area contributed by atoms with Crippen LogP contribution >= 0.6 is 0 Å². The zero-order valence-electron chi connectivity index (χ0n) is 23.3. The Morgan fingerprint density at radius 2 is 1.69 bits per heavy atom. The van der Waals surface area contributed by atoms with Crippen molar-refractivity contribution in [2.45, 2.75) is 81.9 Å². The molecule has 39 heavy (non-hydrogen) atoms.